The molecule has 0 aliphatic carbocycles. The van der Waals surface area contributed by atoms with Gasteiger partial charge in [-0.3, -0.25) is 4.72 Å². The predicted molar refractivity (Wildman–Crippen MR) is 86.4 cm³/mol. The summed E-state index contributed by atoms with van der Waals surface area (Å²) in [4.78, 5) is 2.05. The Hall–Kier alpha value is -1.51. The van der Waals surface area contributed by atoms with E-state index in [0.717, 1.165) is 35.8 Å². The van der Waals surface area contributed by atoms with Crippen LogP contribution in [0.3, 0.4) is 0 Å². The molecule has 1 atom stereocenters. The first-order chi connectivity index (χ1) is 10.3. The second kappa shape index (κ2) is 6.72. The third-order valence-electron chi connectivity index (χ3n) is 3.87. The lowest BCUT2D eigenvalue weighted by atomic mass is 10.0. The van der Waals surface area contributed by atoms with Crippen molar-refractivity contribution in [3.8, 4) is 5.75 Å². The minimum atomic E-state index is -3.68. The minimum absolute atomic E-state index is 0.0246. The normalized spacial score (nSPS) is 19.5. The summed E-state index contributed by atoms with van der Waals surface area (Å²) in [5.41, 5.74) is 0.918. The number of phenolic OH excluding ortho intramolecular Hbond substituents is 1. The number of phenols is 1. The van der Waals surface area contributed by atoms with E-state index in [1.54, 1.807) is 12.1 Å². The van der Waals surface area contributed by atoms with Crippen LogP contribution in [-0.2, 0) is 10.2 Å². The largest absolute Gasteiger partial charge is 0.506 e. The van der Waals surface area contributed by atoms with E-state index in [0.29, 0.717) is 0 Å². The molecule has 1 heterocycles. The maximum absolute atomic E-state index is 11.9. The Balaban J connectivity index is 2.30. The quantitative estimate of drug-likeness (QED) is 0.700. The average molecular weight is 329 g/mol. The summed E-state index contributed by atoms with van der Waals surface area (Å²) < 4.78 is 27.2. The summed E-state index contributed by atoms with van der Waals surface area (Å²) >= 11 is 0. The van der Waals surface area contributed by atoms with Crippen LogP contribution in [0.5, 0.6) is 5.75 Å². The fourth-order valence-corrected chi connectivity index (χ4v) is 3.17. The summed E-state index contributed by atoms with van der Waals surface area (Å²) in [5.74, 6) is -0.133. The van der Waals surface area contributed by atoms with Gasteiger partial charge in [0.05, 0.1) is 18.3 Å². The second-order valence-corrected chi connectivity index (χ2v) is 7.50. The van der Waals surface area contributed by atoms with Gasteiger partial charge in [-0.05, 0) is 37.5 Å². The Kier molecular flexibility index (Phi) is 5.15. The third kappa shape index (κ3) is 3.63. The Morgan fingerprint density at radius 1 is 1.36 bits per heavy atom. The molecule has 3 N–H and O–H groups in total. The molecule has 22 heavy (non-hydrogen) atoms. The van der Waals surface area contributed by atoms with Gasteiger partial charge >= 0.3 is 10.2 Å². The van der Waals surface area contributed by atoms with Crippen LogP contribution in [0.4, 0.5) is 11.4 Å². The van der Waals surface area contributed by atoms with E-state index < -0.39 is 10.2 Å². The molecule has 7 nitrogen and oxygen atoms in total. The van der Waals surface area contributed by atoms with Crippen LogP contribution in [0.15, 0.2) is 18.2 Å². The van der Waals surface area contributed by atoms with Crippen molar-refractivity contribution in [1.29, 1.82) is 0 Å². The van der Waals surface area contributed by atoms with Crippen LogP contribution >= 0.6 is 0 Å². The number of aliphatic hydroxyl groups is 1. The zero-order chi connectivity index (χ0) is 16.3. The highest BCUT2D eigenvalue weighted by molar-refractivity contribution is 7.90. The fourth-order valence-electron chi connectivity index (χ4n) is 2.54. The summed E-state index contributed by atoms with van der Waals surface area (Å²) in [6, 6.07) is 4.82. The van der Waals surface area contributed by atoms with Gasteiger partial charge in [0.25, 0.3) is 0 Å². The van der Waals surface area contributed by atoms with Crippen molar-refractivity contribution in [2.24, 2.45) is 0 Å². The third-order valence-corrected chi connectivity index (χ3v) is 5.31. The van der Waals surface area contributed by atoms with Crippen LogP contribution in [0.25, 0.3) is 0 Å². The lowest BCUT2D eigenvalue weighted by Gasteiger charge is -2.36. The number of benzene rings is 1. The van der Waals surface area contributed by atoms with Gasteiger partial charge in [0.1, 0.15) is 5.75 Å². The van der Waals surface area contributed by atoms with E-state index in [9.17, 15) is 18.6 Å². The molecule has 1 aliphatic rings. The van der Waals surface area contributed by atoms with Crippen molar-refractivity contribution in [3.05, 3.63) is 18.2 Å². The molecule has 1 aromatic rings. The molecule has 1 unspecified atom stereocenters. The van der Waals surface area contributed by atoms with Crippen molar-refractivity contribution in [2.75, 3.05) is 36.9 Å². The summed E-state index contributed by atoms with van der Waals surface area (Å²) in [6.45, 7) is 0.857. The summed E-state index contributed by atoms with van der Waals surface area (Å²) in [6.07, 6.45) is 2.99. The van der Waals surface area contributed by atoms with E-state index in [1.807, 2.05) is 0 Å². The Morgan fingerprint density at radius 2 is 2.09 bits per heavy atom. The van der Waals surface area contributed by atoms with E-state index in [1.165, 1.54) is 20.2 Å². The molecule has 0 spiro atoms. The predicted octanol–water partition coefficient (Wildman–Crippen LogP) is 0.962. The van der Waals surface area contributed by atoms with E-state index in [-0.39, 0.29) is 24.1 Å². The van der Waals surface area contributed by atoms with Crippen LogP contribution in [0.1, 0.15) is 19.3 Å². The number of rotatable bonds is 5. The zero-order valence-electron chi connectivity index (χ0n) is 12.9. The molecule has 0 saturated carbocycles. The van der Waals surface area contributed by atoms with Gasteiger partial charge < -0.3 is 15.1 Å². The maximum Gasteiger partial charge on any atom is 0.301 e. The molecule has 2 rings (SSSR count). The number of hydrogen-bond acceptors (Lipinski definition) is 5. The van der Waals surface area contributed by atoms with Gasteiger partial charge in [-0.25, -0.2) is 0 Å². The Bertz CT molecular complexity index is 619. The molecule has 0 bridgehead atoms. The van der Waals surface area contributed by atoms with Crippen molar-refractivity contribution in [3.63, 3.8) is 0 Å². The second-order valence-electron chi connectivity index (χ2n) is 5.62. The molecule has 124 valence electrons. The maximum atomic E-state index is 11.9. The smallest absolute Gasteiger partial charge is 0.301 e. The molecular weight excluding hydrogens is 306 g/mol. The van der Waals surface area contributed by atoms with Crippen LogP contribution < -0.4 is 9.62 Å². The van der Waals surface area contributed by atoms with Gasteiger partial charge in [-0.15, -0.1) is 0 Å². The number of aliphatic hydroxyl groups excluding tert-OH is 1. The van der Waals surface area contributed by atoms with E-state index in [2.05, 4.69) is 9.62 Å². The first-order valence-electron chi connectivity index (χ1n) is 7.26. The van der Waals surface area contributed by atoms with E-state index in [4.69, 9.17) is 0 Å². The topological polar surface area (TPSA) is 93.1 Å². The number of anilines is 2. The molecule has 1 aliphatic heterocycles. The lowest BCUT2D eigenvalue weighted by Crippen LogP contribution is -2.41. The minimum Gasteiger partial charge on any atom is -0.506 e. The van der Waals surface area contributed by atoms with Crippen LogP contribution in [0.2, 0.25) is 0 Å². The lowest BCUT2D eigenvalue weighted by molar-refractivity contribution is 0.240. The first kappa shape index (κ1) is 16.9. The van der Waals surface area contributed by atoms with Crippen molar-refractivity contribution < 1.29 is 18.6 Å². The van der Waals surface area contributed by atoms with Gasteiger partial charge in [-0.1, -0.05) is 0 Å². The molecule has 8 heteroatoms. The first-order valence-corrected chi connectivity index (χ1v) is 8.70. The SMILES string of the molecule is CN(C)S(=O)(=O)Nc1cc(N2CCCCC2CO)ccc1O. The zero-order valence-corrected chi connectivity index (χ0v) is 13.7. The van der Waals surface area contributed by atoms with Gasteiger partial charge in [0.2, 0.25) is 0 Å². The Morgan fingerprint density at radius 3 is 2.73 bits per heavy atom. The molecule has 0 radical (unpaired) electrons. The number of nitrogens with zero attached hydrogens (tertiary/aromatic N) is 2. The van der Waals surface area contributed by atoms with Crippen LogP contribution in [0, 0.1) is 0 Å². The average Bonchev–Trinajstić information content (AvgIpc) is 2.49. The van der Waals surface area contributed by atoms with Gasteiger partial charge in [0, 0.05) is 26.3 Å². The Labute approximate surface area is 131 Å². The molecule has 1 saturated heterocycles. The van der Waals surface area contributed by atoms with Gasteiger partial charge in [-0.2, -0.15) is 12.7 Å². The van der Waals surface area contributed by atoms with Crippen molar-refractivity contribution in [1.82, 2.24) is 4.31 Å². The fraction of sp³-hybridized carbons (Fsp3) is 0.571. The van der Waals surface area contributed by atoms with Gasteiger partial charge in [0.15, 0.2) is 0 Å². The molecule has 1 aromatic carbocycles. The van der Waals surface area contributed by atoms with E-state index >= 15 is 0 Å². The summed E-state index contributed by atoms with van der Waals surface area (Å²) in [5, 5.41) is 19.4. The standard InChI is InChI=1S/C14H23N3O4S/c1-16(2)22(20,21)15-13-9-11(6-7-14(13)19)17-8-4-3-5-12(17)10-18/h6-7,9,12,15,18-19H,3-5,8,10H2,1-2H3. The number of nitrogens with one attached hydrogen (secondary N) is 1. The number of hydrogen-bond donors (Lipinski definition) is 3. The van der Waals surface area contributed by atoms with Crippen molar-refractivity contribution in [2.45, 2.75) is 25.3 Å². The highest BCUT2D eigenvalue weighted by atomic mass is 32.2. The number of piperidine rings is 1. The molecular formula is C14H23N3O4S. The molecule has 1 fully saturated rings. The highest BCUT2D eigenvalue weighted by Gasteiger charge is 2.23. The number of aromatic hydroxyl groups is 1. The van der Waals surface area contributed by atoms with Crippen molar-refractivity contribution >= 4 is 21.6 Å². The molecule has 0 amide bonds. The summed E-state index contributed by atoms with van der Waals surface area (Å²) in [7, 11) is -0.860. The highest BCUT2D eigenvalue weighted by Crippen LogP contribution is 2.32. The monoisotopic (exact) mass is 329 g/mol. The van der Waals surface area contributed by atoms with Crippen LogP contribution in [-0.4, -0.2) is 56.2 Å². The molecule has 0 aromatic heterocycles.